The molecule has 1 aliphatic rings. The van der Waals surface area contributed by atoms with Crippen LogP contribution in [-0.4, -0.2) is 31.9 Å². The summed E-state index contributed by atoms with van der Waals surface area (Å²) in [5.74, 6) is -0.154. The van der Waals surface area contributed by atoms with Crippen molar-refractivity contribution in [3.63, 3.8) is 0 Å². The van der Waals surface area contributed by atoms with Crippen LogP contribution in [0.3, 0.4) is 0 Å². The highest BCUT2D eigenvalue weighted by Gasteiger charge is 2.23. The first kappa shape index (κ1) is 13.8. The summed E-state index contributed by atoms with van der Waals surface area (Å²) in [6.07, 6.45) is 3.46. The first-order valence-corrected chi connectivity index (χ1v) is 7.47. The molecule has 0 unspecified atom stereocenters. The quantitative estimate of drug-likeness (QED) is 0.658. The number of hydrogen-bond acceptors (Lipinski definition) is 5. The van der Waals surface area contributed by atoms with Crippen LogP contribution in [0, 0.1) is 0 Å². The molecule has 1 aromatic rings. The lowest BCUT2D eigenvalue weighted by molar-refractivity contribution is -0.121. The third-order valence-corrected chi connectivity index (χ3v) is 4.08. The van der Waals surface area contributed by atoms with Crippen LogP contribution in [0.1, 0.15) is 19.3 Å². The molecule has 4 N–H and O–H groups in total. The topological polar surface area (TPSA) is 114 Å². The van der Waals surface area contributed by atoms with E-state index >= 15 is 0 Å². The summed E-state index contributed by atoms with van der Waals surface area (Å²) in [6.45, 7) is 0.0247. The van der Waals surface area contributed by atoms with Gasteiger partial charge in [-0.05, 0) is 25.0 Å². The van der Waals surface area contributed by atoms with Crippen molar-refractivity contribution >= 4 is 21.6 Å². The smallest absolute Gasteiger partial charge is 0.260 e. The molecule has 1 fully saturated rings. The molecule has 1 saturated carbocycles. The second-order valence-electron chi connectivity index (χ2n) is 4.39. The van der Waals surface area contributed by atoms with Gasteiger partial charge in [0.25, 0.3) is 10.0 Å². The van der Waals surface area contributed by atoms with Crippen molar-refractivity contribution < 1.29 is 13.2 Å². The minimum Gasteiger partial charge on any atom is -0.396 e. The molecule has 1 aromatic heterocycles. The summed E-state index contributed by atoms with van der Waals surface area (Å²) in [5, 5.41) is 2.57. The summed E-state index contributed by atoms with van der Waals surface area (Å²) in [6, 6.07) is 3.29. The van der Waals surface area contributed by atoms with Crippen LogP contribution < -0.4 is 15.8 Å². The molecule has 0 spiro atoms. The summed E-state index contributed by atoms with van der Waals surface area (Å²) in [4.78, 5) is 15.1. The molecule has 0 aliphatic heterocycles. The van der Waals surface area contributed by atoms with E-state index in [1.807, 2.05) is 0 Å². The number of nitrogens with one attached hydrogen (secondary N) is 2. The van der Waals surface area contributed by atoms with E-state index in [1.54, 1.807) is 6.07 Å². The van der Waals surface area contributed by atoms with Crippen molar-refractivity contribution in [3.8, 4) is 0 Å². The summed E-state index contributed by atoms with van der Waals surface area (Å²) in [5.41, 5.74) is 5.63. The molecule has 0 radical (unpaired) electrons. The van der Waals surface area contributed by atoms with E-state index in [0.717, 1.165) is 12.8 Å². The number of amides is 1. The van der Waals surface area contributed by atoms with Crippen LogP contribution in [0.15, 0.2) is 23.4 Å². The van der Waals surface area contributed by atoms with E-state index in [9.17, 15) is 13.2 Å². The zero-order valence-electron chi connectivity index (χ0n) is 10.3. The molecule has 2 rings (SSSR count). The number of rotatable bonds is 6. The van der Waals surface area contributed by atoms with Crippen molar-refractivity contribution in [2.45, 2.75) is 30.3 Å². The SMILES string of the molecule is Nc1cccnc1S(=O)(=O)NCCC(=O)NC1CC1. The molecule has 0 aromatic carbocycles. The Morgan fingerprint density at radius 2 is 2.21 bits per heavy atom. The molecule has 0 saturated heterocycles. The lowest BCUT2D eigenvalue weighted by Gasteiger charge is -2.08. The van der Waals surface area contributed by atoms with Gasteiger partial charge in [0.05, 0.1) is 5.69 Å². The average molecular weight is 284 g/mol. The number of sulfonamides is 1. The van der Waals surface area contributed by atoms with Gasteiger partial charge in [-0.15, -0.1) is 0 Å². The Morgan fingerprint density at radius 1 is 1.47 bits per heavy atom. The maximum absolute atomic E-state index is 11.9. The number of nitrogen functional groups attached to an aromatic ring is 1. The fourth-order valence-corrected chi connectivity index (χ4v) is 2.61. The standard InChI is InChI=1S/C11H16N4O3S/c12-9-2-1-6-13-11(9)19(17,18)14-7-5-10(16)15-8-3-4-8/h1-2,6,8,14H,3-5,7,12H2,(H,15,16). The Balaban J connectivity index is 1.87. The second kappa shape index (κ2) is 5.54. The predicted octanol–water partition coefficient (Wildman–Crippen LogP) is -0.389. The second-order valence-corrected chi connectivity index (χ2v) is 6.07. The Morgan fingerprint density at radius 3 is 2.84 bits per heavy atom. The molecule has 0 atom stereocenters. The maximum atomic E-state index is 11.9. The van der Waals surface area contributed by atoms with Crippen LogP contribution in [0.5, 0.6) is 0 Å². The van der Waals surface area contributed by atoms with Crippen molar-refractivity contribution in [1.29, 1.82) is 0 Å². The van der Waals surface area contributed by atoms with Gasteiger partial charge in [0, 0.05) is 25.2 Å². The lowest BCUT2D eigenvalue weighted by Crippen LogP contribution is -2.32. The van der Waals surface area contributed by atoms with Crippen LogP contribution >= 0.6 is 0 Å². The molecular weight excluding hydrogens is 268 g/mol. The monoisotopic (exact) mass is 284 g/mol. The highest BCUT2D eigenvalue weighted by molar-refractivity contribution is 7.89. The van der Waals surface area contributed by atoms with E-state index in [0.29, 0.717) is 0 Å². The first-order valence-electron chi connectivity index (χ1n) is 5.98. The highest BCUT2D eigenvalue weighted by Crippen LogP contribution is 2.18. The number of anilines is 1. The molecule has 1 amide bonds. The van der Waals surface area contributed by atoms with Crippen LogP contribution in [0.2, 0.25) is 0 Å². The van der Waals surface area contributed by atoms with Crippen LogP contribution in [0.4, 0.5) is 5.69 Å². The van der Waals surface area contributed by atoms with E-state index in [2.05, 4.69) is 15.0 Å². The average Bonchev–Trinajstić information content (AvgIpc) is 3.13. The molecule has 1 heterocycles. The van der Waals surface area contributed by atoms with E-state index in [-0.39, 0.29) is 35.6 Å². The van der Waals surface area contributed by atoms with Gasteiger partial charge in [0.15, 0.2) is 5.03 Å². The number of hydrogen-bond donors (Lipinski definition) is 3. The number of pyridine rings is 1. The third kappa shape index (κ3) is 3.90. The van der Waals surface area contributed by atoms with Gasteiger partial charge < -0.3 is 11.1 Å². The molecule has 0 bridgehead atoms. The number of carbonyl (C=O) groups excluding carboxylic acids is 1. The summed E-state index contributed by atoms with van der Waals surface area (Å²) in [7, 11) is -3.77. The van der Waals surface area contributed by atoms with E-state index < -0.39 is 10.0 Å². The van der Waals surface area contributed by atoms with Crippen molar-refractivity contribution in [2.75, 3.05) is 12.3 Å². The van der Waals surface area contributed by atoms with E-state index in [1.165, 1.54) is 12.3 Å². The fourth-order valence-electron chi connectivity index (χ4n) is 1.52. The lowest BCUT2D eigenvalue weighted by atomic mass is 10.4. The van der Waals surface area contributed by atoms with Gasteiger partial charge in [-0.1, -0.05) is 0 Å². The molecule has 7 nitrogen and oxygen atoms in total. The van der Waals surface area contributed by atoms with Gasteiger partial charge in [-0.25, -0.2) is 18.1 Å². The van der Waals surface area contributed by atoms with Gasteiger partial charge in [0.2, 0.25) is 5.91 Å². The van der Waals surface area contributed by atoms with Crippen molar-refractivity contribution in [1.82, 2.24) is 15.0 Å². The first-order chi connectivity index (χ1) is 8.99. The van der Waals surface area contributed by atoms with Crippen molar-refractivity contribution in [2.24, 2.45) is 0 Å². The van der Waals surface area contributed by atoms with Crippen LogP contribution in [-0.2, 0) is 14.8 Å². The molecule has 1 aliphatic carbocycles. The maximum Gasteiger partial charge on any atom is 0.260 e. The Kier molecular flexibility index (Phi) is 4.01. The van der Waals surface area contributed by atoms with Gasteiger partial charge in [-0.3, -0.25) is 4.79 Å². The number of nitrogens with zero attached hydrogens (tertiary/aromatic N) is 1. The zero-order chi connectivity index (χ0) is 13.9. The van der Waals surface area contributed by atoms with Gasteiger partial charge in [0.1, 0.15) is 0 Å². The predicted molar refractivity (Wildman–Crippen MR) is 69.6 cm³/mol. The van der Waals surface area contributed by atoms with Crippen LogP contribution in [0.25, 0.3) is 0 Å². The Bertz CT molecular complexity index is 569. The Hall–Kier alpha value is -1.67. The third-order valence-electron chi connectivity index (χ3n) is 2.64. The number of aromatic nitrogens is 1. The van der Waals surface area contributed by atoms with Crippen molar-refractivity contribution in [3.05, 3.63) is 18.3 Å². The summed E-state index contributed by atoms with van der Waals surface area (Å²) >= 11 is 0. The minimum atomic E-state index is -3.77. The van der Waals surface area contributed by atoms with Gasteiger partial charge >= 0.3 is 0 Å². The Labute approximate surface area is 111 Å². The molecule has 104 valence electrons. The normalized spacial score (nSPS) is 15.2. The molecular formula is C11H16N4O3S. The summed E-state index contributed by atoms with van der Waals surface area (Å²) < 4.78 is 26.1. The molecule has 19 heavy (non-hydrogen) atoms. The minimum absolute atomic E-state index is 0.0247. The number of nitrogens with two attached hydrogens (primary N) is 1. The zero-order valence-corrected chi connectivity index (χ0v) is 11.1. The largest absolute Gasteiger partial charge is 0.396 e. The highest BCUT2D eigenvalue weighted by atomic mass is 32.2. The fraction of sp³-hybridized carbons (Fsp3) is 0.455. The van der Waals surface area contributed by atoms with E-state index in [4.69, 9.17) is 5.73 Å². The number of carbonyl (C=O) groups is 1. The van der Waals surface area contributed by atoms with Gasteiger partial charge in [-0.2, -0.15) is 0 Å². The molecule has 8 heteroatoms.